The van der Waals surface area contributed by atoms with Crippen LogP contribution in [0.5, 0.6) is 0 Å². The molecule has 0 amide bonds. The summed E-state index contributed by atoms with van der Waals surface area (Å²) in [7, 11) is 1.76. The first-order chi connectivity index (χ1) is 8.63. The van der Waals surface area contributed by atoms with E-state index in [0.29, 0.717) is 11.5 Å². The number of benzene rings is 1. The second-order valence-electron chi connectivity index (χ2n) is 4.08. The zero-order valence-corrected chi connectivity index (χ0v) is 10.4. The van der Waals surface area contributed by atoms with E-state index in [1.807, 2.05) is 6.92 Å². The van der Waals surface area contributed by atoms with Gasteiger partial charge >= 0.3 is 0 Å². The Hall–Kier alpha value is -1.94. The van der Waals surface area contributed by atoms with Gasteiger partial charge < -0.3 is 10.0 Å². The number of pyridine rings is 1. The van der Waals surface area contributed by atoms with Crippen LogP contribution in [0.25, 0.3) is 0 Å². The molecule has 0 fully saturated rings. The third-order valence-electron chi connectivity index (χ3n) is 2.91. The van der Waals surface area contributed by atoms with Crippen LogP contribution in [0.15, 0.2) is 36.4 Å². The minimum Gasteiger partial charge on any atom is -0.392 e. The summed E-state index contributed by atoms with van der Waals surface area (Å²) in [5.74, 6) is 0.362. The second kappa shape index (κ2) is 5.14. The van der Waals surface area contributed by atoms with Gasteiger partial charge in [-0.3, -0.25) is 0 Å². The van der Waals surface area contributed by atoms with Crippen LogP contribution in [-0.4, -0.2) is 17.1 Å². The van der Waals surface area contributed by atoms with Crippen LogP contribution in [0.2, 0.25) is 0 Å². The Balaban J connectivity index is 2.37. The number of para-hydroxylation sites is 1. The van der Waals surface area contributed by atoms with Crippen molar-refractivity contribution >= 4 is 11.5 Å². The smallest absolute Gasteiger partial charge is 0.146 e. The standard InChI is InChI=1S/C14H15FN2O/c1-10-11(9-18)7-8-14(16-10)17(2)13-6-4-3-5-12(13)15/h3-8,18H,9H2,1-2H3. The summed E-state index contributed by atoms with van der Waals surface area (Å²) in [4.78, 5) is 6.04. The lowest BCUT2D eigenvalue weighted by molar-refractivity contribution is 0.280. The lowest BCUT2D eigenvalue weighted by Gasteiger charge is -2.19. The number of aromatic nitrogens is 1. The minimum absolute atomic E-state index is 0.0392. The van der Waals surface area contributed by atoms with Crippen molar-refractivity contribution in [3.8, 4) is 0 Å². The van der Waals surface area contributed by atoms with Crippen LogP contribution >= 0.6 is 0 Å². The minimum atomic E-state index is -0.286. The number of nitrogens with zero attached hydrogens (tertiary/aromatic N) is 2. The molecule has 18 heavy (non-hydrogen) atoms. The van der Waals surface area contributed by atoms with Gasteiger partial charge in [0.2, 0.25) is 0 Å². The molecule has 0 aliphatic heterocycles. The van der Waals surface area contributed by atoms with Crippen LogP contribution in [-0.2, 0) is 6.61 Å². The molecule has 0 spiro atoms. The van der Waals surface area contributed by atoms with Crippen molar-refractivity contribution in [2.75, 3.05) is 11.9 Å². The summed E-state index contributed by atoms with van der Waals surface area (Å²) in [6.45, 7) is 1.78. The van der Waals surface area contributed by atoms with Gasteiger partial charge in [0.15, 0.2) is 0 Å². The monoisotopic (exact) mass is 246 g/mol. The molecule has 0 radical (unpaired) electrons. The fourth-order valence-electron chi connectivity index (χ4n) is 1.78. The molecule has 0 saturated heterocycles. The molecule has 2 aromatic rings. The topological polar surface area (TPSA) is 36.4 Å². The summed E-state index contributed by atoms with van der Waals surface area (Å²) < 4.78 is 13.7. The van der Waals surface area contributed by atoms with Crippen molar-refractivity contribution < 1.29 is 9.50 Å². The highest BCUT2D eigenvalue weighted by Gasteiger charge is 2.10. The van der Waals surface area contributed by atoms with Gasteiger partial charge in [0.25, 0.3) is 0 Å². The van der Waals surface area contributed by atoms with E-state index in [-0.39, 0.29) is 12.4 Å². The van der Waals surface area contributed by atoms with E-state index in [0.717, 1.165) is 11.3 Å². The summed E-state index contributed by atoms with van der Waals surface area (Å²) in [5.41, 5.74) is 2.00. The molecule has 2 rings (SSSR count). The van der Waals surface area contributed by atoms with Crippen LogP contribution in [0, 0.1) is 12.7 Å². The molecule has 0 aliphatic rings. The van der Waals surface area contributed by atoms with Gasteiger partial charge in [0.1, 0.15) is 11.6 Å². The molecule has 94 valence electrons. The molecule has 0 unspecified atom stereocenters. The van der Waals surface area contributed by atoms with E-state index in [2.05, 4.69) is 4.98 Å². The molecule has 1 N–H and O–H groups in total. The first-order valence-electron chi connectivity index (χ1n) is 5.69. The van der Waals surface area contributed by atoms with Crippen LogP contribution in [0.4, 0.5) is 15.9 Å². The molecule has 4 heteroatoms. The van der Waals surface area contributed by atoms with Gasteiger partial charge in [0.05, 0.1) is 12.3 Å². The fourth-order valence-corrected chi connectivity index (χ4v) is 1.78. The first-order valence-corrected chi connectivity index (χ1v) is 5.69. The number of hydrogen-bond acceptors (Lipinski definition) is 3. The Bertz CT molecular complexity index is 557. The van der Waals surface area contributed by atoms with Crippen molar-refractivity contribution in [3.05, 3.63) is 53.5 Å². The largest absolute Gasteiger partial charge is 0.392 e. The molecule has 1 aromatic carbocycles. The van der Waals surface area contributed by atoms with Gasteiger partial charge in [-0.2, -0.15) is 0 Å². The van der Waals surface area contributed by atoms with E-state index >= 15 is 0 Å². The number of halogens is 1. The predicted molar refractivity (Wildman–Crippen MR) is 69.4 cm³/mol. The number of aliphatic hydroxyl groups excluding tert-OH is 1. The van der Waals surface area contributed by atoms with Gasteiger partial charge in [-0.1, -0.05) is 18.2 Å². The highest BCUT2D eigenvalue weighted by molar-refractivity contribution is 5.60. The number of hydrogen-bond donors (Lipinski definition) is 1. The van der Waals surface area contributed by atoms with E-state index < -0.39 is 0 Å². The maximum Gasteiger partial charge on any atom is 0.146 e. The quantitative estimate of drug-likeness (QED) is 0.904. The molecule has 1 aromatic heterocycles. The fraction of sp³-hybridized carbons (Fsp3) is 0.214. The van der Waals surface area contributed by atoms with Crippen molar-refractivity contribution in [3.63, 3.8) is 0 Å². The zero-order chi connectivity index (χ0) is 13.1. The number of rotatable bonds is 3. The number of aliphatic hydroxyl groups is 1. The molecule has 0 aliphatic carbocycles. The maximum absolute atomic E-state index is 13.7. The van der Waals surface area contributed by atoms with Crippen molar-refractivity contribution in [2.45, 2.75) is 13.5 Å². The first kappa shape index (κ1) is 12.5. The molecule has 3 nitrogen and oxygen atoms in total. The Kier molecular flexibility index (Phi) is 3.58. The highest BCUT2D eigenvalue weighted by Crippen LogP contribution is 2.25. The summed E-state index contributed by atoms with van der Waals surface area (Å²) >= 11 is 0. The second-order valence-corrected chi connectivity index (χ2v) is 4.08. The van der Waals surface area contributed by atoms with E-state index in [1.54, 1.807) is 42.3 Å². The molecule has 0 saturated carbocycles. The van der Waals surface area contributed by atoms with Crippen LogP contribution < -0.4 is 4.90 Å². The maximum atomic E-state index is 13.7. The summed E-state index contributed by atoms with van der Waals surface area (Å²) in [6.07, 6.45) is 0. The van der Waals surface area contributed by atoms with Crippen molar-refractivity contribution in [1.29, 1.82) is 0 Å². The van der Waals surface area contributed by atoms with Crippen LogP contribution in [0.1, 0.15) is 11.3 Å². The van der Waals surface area contributed by atoms with Gasteiger partial charge in [-0.25, -0.2) is 9.37 Å². The van der Waals surface area contributed by atoms with Gasteiger partial charge in [-0.05, 0) is 30.7 Å². The Morgan fingerprint density at radius 3 is 2.56 bits per heavy atom. The number of aryl methyl sites for hydroxylation is 1. The lowest BCUT2D eigenvalue weighted by Crippen LogP contribution is -2.13. The third kappa shape index (κ3) is 2.33. The Labute approximate surface area is 106 Å². The lowest BCUT2D eigenvalue weighted by atomic mass is 10.2. The average Bonchev–Trinajstić information content (AvgIpc) is 2.38. The third-order valence-corrected chi connectivity index (χ3v) is 2.91. The number of anilines is 2. The molecular weight excluding hydrogens is 231 g/mol. The Morgan fingerprint density at radius 1 is 1.22 bits per heavy atom. The summed E-state index contributed by atoms with van der Waals surface area (Å²) in [5, 5.41) is 9.10. The highest BCUT2D eigenvalue weighted by atomic mass is 19.1. The van der Waals surface area contributed by atoms with E-state index in [9.17, 15) is 4.39 Å². The van der Waals surface area contributed by atoms with E-state index in [4.69, 9.17) is 5.11 Å². The van der Waals surface area contributed by atoms with Gasteiger partial charge in [0, 0.05) is 12.7 Å². The predicted octanol–water partition coefficient (Wildman–Crippen LogP) is 2.79. The van der Waals surface area contributed by atoms with Crippen molar-refractivity contribution in [1.82, 2.24) is 4.98 Å². The molecule has 1 heterocycles. The SMILES string of the molecule is Cc1nc(N(C)c2ccccc2F)ccc1CO. The summed E-state index contributed by atoms with van der Waals surface area (Å²) in [6, 6.07) is 10.1. The normalized spacial score (nSPS) is 10.4. The van der Waals surface area contributed by atoms with E-state index in [1.165, 1.54) is 6.07 Å². The zero-order valence-electron chi connectivity index (χ0n) is 10.4. The van der Waals surface area contributed by atoms with Crippen molar-refractivity contribution in [2.24, 2.45) is 0 Å². The Morgan fingerprint density at radius 2 is 1.94 bits per heavy atom. The van der Waals surface area contributed by atoms with Crippen LogP contribution in [0.3, 0.4) is 0 Å². The molecule has 0 atom stereocenters. The molecular formula is C14H15FN2O. The average molecular weight is 246 g/mol. The molecule has 0 bridgehead atoms. The van der Waals surface area contributed by atoms with Gasteiger partial charge in [-0.15, -0.1) is 0 Å².